The van der Waals surface area contributed by atoms with E-state index < -0.39 is 24.2 Å². The van der Waals surface area contributed by atoms with E-state index in [0.29, 0.717) is 0 Å². The van der Waals surface area contributed by atoms with Crippen LogP contribution in [-0.2, 0) is 20.9 Å². The van der Waals surface area contributed by atoms with Gasteiger partial charge in [0.2, 0.25) is 0 Å². The van der Waals surface area contributed by atoms with Gasteiger partial charge in [0.15, 0.2) is 6.04 Å². The van der Waals surface area contributed by atoms with Gasteiger partial charge in [-0.2, -0.15) is 0 Å². The third kappa shape index (κ3) is 3.24. The van der Waals surface area contributed by atoms with Gasteiger partial charge < -0.3 is 14.8 Å². The first-order valence-electron chi connectivity index (χ1n) is 6.25. The van der Waals surface area contributed by atoms with Crippen LogP contribution in [0.15, 0.2) is 30.3 Å². The highest BCUT2D eigenvalue weighted by molar-refractivity contribution is 5.85. The second kappa shape index (κ2) is 5.73. The van der Waals surface area contributed by atoms with Crippen LogP contribution in [0.5, 0.6) is 0 Å². The summed E-state index contributed by atoms with van der Waals surface area (Å²) in [6, 6.07) is 8.66. The van der Waals surface area contributed by atoms with Crippen LogP contribution in [0, 0.1) is 5.92 Å². The molecule has 5 nitrogen and oxygen atoms in total. The van der Waals surface area contributed by atoms with E-state index in [1.807, 2.05) is 44.2 Å². The first-order valence-corrected chi connectivity index (χ1v) is 6.25. The number of amides is 1. The van der Waals surface area contributed by atoms with E-state index in [1.165, 1.54) is 0 Å². The molecule has 102 valence electrons. The molecule has 0 aromatic heterocycles. The molecule has 0 radical (unpaired) electrons. The smallest absolute Gasteiger partial charge is 0.408 e. The molecule has 1 saturated heterocycles. The minimum atomic E-state index is -0.726. The third-order valence-corrected chi connectivity index (χ3v) is 2.98. The Morgan fingerprint density at radius 2 is 2.05 bits per heavy atom. The predicted molar refractivity (Wildman–Crippen MR) is 68.3 cm³/mol. The van der Waals surface area contributed by atoms with E-state index in [9.17, 15) is 9.59 Å². The summed E-state index contributed by atoms with van der Waals surface area (Å²) in [5.74, 6) is -0.415. The van der Waals surface area contributed by atoms with Gasteiger partial charge in [-0.1, -0.05) is 44.2 Å². The number of benzene rings is 1. The summed E-state index contributed by atoms with van der Waals surface area (Å²) in [7, 11) is 0. The molecule has 1 heterocycles. The second-order valence-corrected chi connectivity index (χ2v) is 4.83. The maximum atomic E-state index is 12.0. The molecular formula is C14H17NO4. The van der Waals surface area contributed by atoms with E-state index in [1.54, 1.807) is 0 Å². The molecule has 2 rings (SSSR count). The van der Waals surface area contributed by atoms with Gasteiger partial charge in [-0.05, 0) is 11.5 Å². The highest BCUT2D eigenvalue weighted by Crippen LogP contribution is 2.18. The van der Waals surface area contributed by atoms with Gasteiger partial charge in [-0.25, -0.2) is 9.59 Å². The number of nitrogens with one attached hydrogen (secondary N) is 1. The minimum Gasteiger partial charge on any atom is -0.459 e. The number of esters is 1. The number of alkyl carbamates (subject to hydrolysis) is 1. The number of carbonyl (C=O) groups is 2. The standard InChI is InChI=1S/C14H17NO4/c1-9(2)12-11(15-14(17)19-12)13(16)18-8-10-6-4-3-5-7-10/h3-7,9,11-12H,8H2,1-2H3,(H,15,17)/t11-,12-/m0/s1. The van der Waals surface area contributed by atoms with Crippen molar-refractivity contribution in [3.05, 3.63) is 35.9 Å². The topological polar surface area (TPSA) is 64.6 Å². The summed E-state index contributed by atoms with van der Waals surface area (Å²) in [6.07, 6.45) is -1.05. The average molecular weight is 263 g/mol. The fourth-order valence-electron chi connectivity index (χ4n) is 1.97. The van der Waals surface area contributed by atoms with Crippen LogP contribution in [0.25, 0.3) is 0 Å². The maximum Gasteiger partial charge on any atom is 0.408 e. The lowest BCUT2D eigenvalue weighted by atomic mass is 10.0. The zero-order valence-electron chi connectivity index (χ0n) is 11.0. The SMILES string of the molecule is CC(C)[C@@H]1OC(=O)N[C@@H]1C(=O)OCc1ccccc1. The molecule has 5 heteroatoms. The van der Waals surface area contributed by atoms with Crippen LogP contribution < -0.4 is 5.32 Å². The number of hydrogen-bond donors (Lipinski definition) is 1. The Labute approximate surface area is 111 Å². The molecule has 1 aliphatic heterocycles. The first-order chi connectivity index (χ1) is 9.08. The molecule has 1 N–H and O–H groups in total. The summed E-state index contributed by atoms with van der Waals surface area (Å²) in [5, 5.41) is 2.49. The van der Waals surface area contributed by atoms with Crippen LogP contribution >= 0.6 is 0 Å². The van der Waals surface area contributed by atoms with E-state index in [-0.39, 0.29) is 12.5 Å². The molecule has 1 amide bonds. The summed E-state index contributed by atoms with van der Waals surface area (Å²) in [6.45, 7) is 3.97. The maximum absolute atomic E-state index is 12.0. The van der Waals surface area contributed by atoms with Gasteiger partial charge >= 0.3 is 12.1 Å². The average Bonchev–Trinajstić information content (AvgIpc) is 2.79. The minimum absolute atomic E-state index is 0.0493. The Morgan fingerprint density at radius 1 is 1.37 bits per heavy atom. The van der Waals surface area contributed by atoms with E-state index in [0.717, 1.165) is 5.56 Å². The zero-order chi connectivity index (χ0) is 13.8. The molecule has 0 aliphatic carbocycles. The molecule has 19 heavy (non-hydrogen) atoms. The molecule has 0 spiro atoms. The van der Waals surface area contributed by atoms with Crippen molar-refractivity contribution in [1.29, 1.82) is 0 Å². The Morgan fingerprint density at radius 3 is 2.68 bits per heavy atom. The van der Waals surface area contributed by atoms with E-state index >= 15 is 0 Å². The third-order valence-electron chi connectivity index (χ3n) is 2.98. The van der Waals surface area contributed by atoms with Crippen molar-refractivity contribution in [3.63, 3.8) is 0 Å². The molecular weight excluding hydrogens is 246 g/mol. The van der Waals surface area contributed by atoms with Gasteiger partial charge in [0, 0.05) is 0 Å². The molecule has 2 atom stereocenters. The van der Waals surface area contributed by atoms with Crippen molar-refractivity contribution in [2.24, 2.45) is 5.92 Å². The van der Waals surface area contributed by atoms with Crippen LogP contribution in [-0.4, -0.2) is 24.2 Å². The monoisotopic (exact) mass is 263 g/mol. The van der Waals surface area contributed by atoms with Crippen LogP contribution in [0.1, 0.15) is 19.4 Å². The van der Waals surface area contributed by atoms with Crippen LogP contribution in [0.4, 0.5) is 4.79 Å². The van der Waals surface area contributed by atoms with Gasteiger partial charge in [0.05, 0.1) is 0 Å². The van der Waals surface area contributed by atoms with E-state index in [4.69, 9.17) is 9.47 Å². The quantitative estimate of drug-likeness (QED) is 0.842. The van der Waals surface area contributed by atoms with Crippen molar-refractivity contribution < 1.29 is 19.1 Å². The molecule has 1 fully saturated rings. The van der Waals surface area contributed by atoms with Crippen molar-refractivity contribution in [2.75, 3.05) is 0 Å². The summed E-state index contributed by atoms with van der Waals surface area (Å²) < 4.78 is 10.3. The van der Waals surface area contributed by atoms with Gasteiger partial charge in [0.25, 0.3) is 0 Å². The Hall–Kier alpha value is -2.04. The largest absolute Gasteiger partial charge is 0.459 e. The predicted octanol–water partition coefficient (Wildman–Crippen LogP) is 1.86. The van der Waals surface area contributed by atoms with Crippen molar-refractivity contribution >= 4 is 12.1 Å². The van der Waals surface area contributed by atoms with Crippen LogP contribution in [0.2, 0.25) is 0 Å². The summed E-state index contributed by atoms with van der Waals surface area (Å²) in [5.41, 5.74) is 0.905. The van der Waals surface area contributed by atoms with Crippen molar-refractivity contribution in [2.45, 2.75) is 32.6 Å². The zero-order valence-corrected chi connectivity index (χ0v) is 11.0. The number of rotatable bonds is 4. The summed E-state index contributed by atoms with van der Waals surface area (Å²) in [4.78, 5) is 23.2. The fourth-order valence-corrected chi connectivity index (χ4v) is 1.97. The second-order valence-electron chi connectivity index (χ2n) is 4.83. The first kappa shape index (κ1) is 13.4. The number of cyclic esters (lactones) is 1. The summed E-state index contributed by atoms with van der Waals surface area (Å²) >= 11 is 0. The molecule has 1 aromatic carbocycles. The lowest BCUT2D eigenvalue weighted by Gasteiger charge is -2.18. The highest BCUT2D eigenvalue weighted by atomic mass is 16.6. The number of ether oxygens (including phenoxy) is 2. The lowest BCUT2D eigenvalue weighted by Crippen LogP contribution is -2.42. The van der Waals surface area contributed by atoms with Gasteiger partial charge in [-0.15, -0.1) is 0 Å². The Balaban J connectivity index is 1.94. The molecule has 0 bridgehead atoms. The van der Waals surface area contributed by atoms with Gasteiger partial charge in [0.1, 0.15) is 12.7 Å². The lowest BCUT2D eigenvalue weighted by molar-refractivity contribution is -0.149. The van der Waals surface area contributed by atoms with Crippen molar-refractivity contribution in [1.82, 2.24) is 5.32 Å². The van der Waals surface area contributed by atoms with Gasteiger partial charge in [-0.3, -0.25) is 0 Å². The van der Waals surface area contributed by atoms with Crippen LogP contribution in [0.3, 0.4) is 0 Å². The normalized spacial score (nSPS) is 21.9. The Kier molecular flexibility index (Phi) is 4.04. The molecule has 1 aliphatic rings. The molecule has 0 unspecified atom stereocenters. The van der Waals surface area contributed by atoms with E-state index in [2.05, 4.69) is 5.32 Å². The molecule has 1 aromatic rings. The fraction of sp³-hybridized carbons (Fsp3) is 0.429. The Bertz CT molecular complexity index is 458. The molecule has 0 saturated carbocycles. The highest BCUT2D eigenvalue weighted by Gasteiger charge is 2.41. The van der Waals surface area contributed by atoms with Crippen molar-refractivity contribution in [3.8, 4) is 0 Å². The number of carbonyl (C=O) groups excluding carboxylic acids is 2. The number of hydrogen-bond acceptors (Lipinski definition) is 4.